The van der Waals surface area contributed by atoms with Gasteiger partial charge in [0.05, 0.1) is 5.75 Å². The lowest BCUT2D eigenvalue weighted by molar-refractivity contribution is 0.592. The lowest BCUT2D eigenvalue weighted by Gasteiger charge is -2.04. The van der Waals surface area contributed by atoms with Crippen LogP contribution in [0, 0.1) is 0 Å². The molecule has 7 heteroatoms. The van der Waals surface area contributed by atoms with Gasteiger partial charge in [0.25, 0.3) is 0 Å². The number of hydrogen-bond acceptors (Lipinski definition) is 4. The van der Waals surface area contributed by atoms with E-state index < -0.39 is 9.84 Å². The molecule has 4 N–H and O–H groups in total. The molecule has 0 aliphatic rings. The third-order valence-corrected chi connectivity index (χ3v) is 4.02. The van der Waals surface area contributed by atoms with E-state index in [9.17, 15) is 8.42 Å². The maximum atomic E-state index is 11.9. The zero-order chi connectivity index (χ0) is 12.3. The number of aromatic nitrogens is 1. The average molecular weight is 288 g/mol. The lowest BCUT2D eigenvalue weighted by Crippen LogP contribution is -2.07. The summed E-state index contributed by atoms with van der Waals surface area (Å²) in [5.74, 6) is 5.20. The summed E-state index contributed by atoms with van der Waals surface area (Å²) in [6.07, 6.45) is 1.59. The number of sulfone groups is 1. The van der Waals surface area contributed by atoms with Gasteiger partial charge >= 0.3 is 0 Å². The number of H-pyrrole nitrogens is 1. The van der Waals surface area contributed by atoms with Crippen LogP contribution in [-0.2, 0) is 15.6 Å². The molecule has 0 fully saturated rings. The molecule has 0 aliphatic carbocycles. The highest BCUT2D eigenvalue weighted by Crippen LogP contribution is 2.16. The molecule has 0 radical (unpaired) electrons. The summed E-state index contributed by atoms with van der Waals surface area (Å²) in [6, 6.07) is 10.1. The minimum atomic E-state index is -3.30. The van der Waals surface area contributed by atoms with Gasteiger partial charge in [-0.05, 0) is 29.8 Å². The van der Waals surface area contributed by atoms with Crippen molar-refractivity contribution in [2.45, 2.75) is 10.8 Å². The third-order valence-electron chi connectivity index (χ3n) is 2.38. The number of nitrogens with one attached hydrogen (secondary N) is 2. The molecule has 2 rings (SSSR count). The highest BCUT2D eigenvalue weighted by molar-refractivity contribution is 7.90. The van der Waals surface area contributed by atoms with Crippen LogP contribution in [0.4, 0.5) is 5.69 Å². The summed E-state index contributed by atoms with van der Waals surface area (Å²) in [5, 5.41) is 0.235. The van der Waals surface area contributed by atoms with E-state index in [-0.39, 0.29) is 23.2 Å². The molecule has 0 unspecified atom stereocenters. The predicted molar refractivity (Wildman–Crippen MR) is 73.2 cm³/mol. The van der Waals surface area contributed by atoms with Gasteiger partial charge in [-0.15, -0.1) is 12.4 Å². The Balaban J connectivity index is 0.00000162. The van der Waals surface area contributed by atoms with Gasteiger partial charge in [0.15, 0.2) is 9.84 Å². The molecule has 5 nitrogen and oxygen atoms in total. The molecular weight excluding hydrogens is 274 g/mol. The Labute approximate surface area is 112 Å². The number of halogens is 1. The van der Waals surface area contributed by atoms with Crippen molar-refractivity contribution in [3.63, 3.8) is 0 Å². The van der Waals surface area contributed by atoms with E-state index in [2.05, 4.69) is 10.4 Å². The van der Waals surface area contributed by atoms with Crippen LogP contribution in [0.25, 0.3) is 0 Å². The Morgan fingerprint density at radius 2 is 1.83 bits per heavy atom. The number of hydrogen-bond donors (Lipinski definition) is 3. The van der Waals surface area contributed by atoms with E-state index in [1.165, 1.54) is 0 Å². The van der Waals surface area contributed by atoms with Crippen LogP contribution < -0.4 is 11.3 Å². The Kier molecular flexibility index (Phi) is 4.77. The van der Waals surface area contributed by atoms with Gasteiger partial charge in [-0.1, -0.05) is 12.1 Å². The Hall–Kier alpha value is -1.50. The Morgan fingerprint density at radius 1 is 1.17 bits per heavy atom. The lowest BCUT2D eigenvalue weighted by atomic mass is 10.2. The number of anilines is 1. The fraction of sp³-hybridized carbons (Fsp3) is 0.0909. The van der Waals surface area contributed by atoms with Gasteiger partial charge in [0, 0.05) is 11.9 Å². The molecule has 0 saturated carbocycles. The van der Waals surface area contributed by atoms with Crippen LogP contribution in [0.1, 0.15) is 5.56 Å². The minimum Gasteiger partial charge on any atom is -0.352 e. The van der Waals surface area contributed by atoms with E-state index in [0.717, 1.165) is 11.3 Å². The summed E-state index contributed by atoms with van der Waals surface area (Å²) in [5.41, 5.74) is 3.95. The first kappa shape index (κ1) is 14.6. The smallest absolute Gasteiger partial charge is 0.197 e. The first-order chi connectivity index (χ1) is 8.12. The van der Waals surface area contributed by atoms with E-state index >= 15 is 0 Å². The highest BCUT2D eigenvalue weighted by Gasteiger charge is 2.15. The van der Waals surface area contributed by atoms with Gasteiger partial charge in [-0.3, -0.25) is 5.84 Å². The first-order valence-corrected chi connectivity index (χ1v) is 6.69. The van der Waals surface area contributed by atoms with E-state index in [0.29, 0.717) is 0 Å². The molecule has 1 heterocycles. The van der Waals surface area contributed by atoms with Gasteiger partial charge in [-0.2, -0.15) is 0 Å². The van der Waals surface area contributed by atoms with Crippen LogP contribution in [0.2, 0.25) is 0 Å². The van der Waals surface area contributed by atoms with Gasteiger partial charge in [0.1, 0.15) is 5.03 Å². The Morgan fingerprint density at radius 3 is 2.33 bits per heavy atom. The number of rotatable bonds is 4. The molecule has 0 saturated heterocycles. The molecule has 2 aromatic rings. The number of aromatic amines is 1. The maximum Gasteiger partial charge on any atom is 0.197 e. The van der Waals surface area contributed by atoms with Gasteiger partial charge < -0.3 is 10.4 Å². The second kappa shape index (κ2) is 5.90. The monoisotopic (exact) mass is 287 g/mol. The maximum absolute atomic E-state index is 11.9. The fourth-order valence-corrected chi connectivity index (χ4v) is 2.82. The average Bonchev–Trinajstić information content (AvgIpc) is 2.84. The second-order valence-corrected chi connectivity index (χ2v) is 5.59. The highest BCUT2D eigenvalue weighted by atomic mass is 35.5. The SMILES string of the molecule is Cl.NNc1ccc(CS(=O)(=O)c2ccc[nH]2)cc1. The molecule has 0 bridgehead atoms. The van der Waals surface area contributed by atoms with E-state index in [1.807, 2.05) is 0 Å². The summed E-state index contributed by atoms with van der Waals surface area (Å²) < 4.78 is 23.9. The quantitative estimate of drug-likeness (QED) is 0.590. The van der Waals surface area contributed by atoms with Crippen molar-refractivity contribution >= 4 is 27.9 Å². The topological polar surface area (TPSA) is 88.0 Å². The molecule has 1 aromatic carbocycles. The first-order valence-electron chi connectivity index (χ1n) is 5.03. The molecule has 1 aromatic heterocycles. The molecule has 0 atom stereocenters. The molecular formula is C11H14ClN3O2S. The van der Waals surface area contributed by atoms with Gasteiger partial charge in [0.2, 0.25) is 0 Å². The summed E-state index contributed by atoms with van der Waals surface area (Å²) in [6.45, 7) is 0. The summed E-state index contributed by atoms with van der Waals surface area (Å²) in [4.78, 5) is 2.70. The number of benzene rings is 1. The number of hydrazine groups is 1. The number of nitrogen functional groups attached to an aromatic ring is 1. The summed E-state index contributed by atoms with van der Waals surface area (Å²) >= 11 is 0. The van der Waals surface area contributed by atoms with Crippen molar-refractivity contribution in [2.75, 3.05) is 5.43 Å². The fourth-order valence-electron chi connectivity index (χ4n) is 1.50. The van der Waals surface area contributed by atoms with Crippen LogP contribution in [0.5, 0.6) is 0 Å². The van der Waals surface area contributed by atoms with Gasteiger partial charge in [-0.25, -0.2) is 8.42 Å². The van der Waals surface area contributed by atoms with E-state index in [4.69, 9.17) is 5.84 Å². The largest absolute Gasteiger partial charge is 0.352 e. The van der Waals surface area contributed by atoms with E-state index in [1.54, 1.807) is 42.6 Å². The molecule has 18 heavy (non-hydrogen) atoms. The van der Waals surface area contributed by atoms with Crippen LogP contribution >= 0.6 is 12.4 Å². The molecule has 98 valence electrons. The predicted octanol–water partition coefficient (Wildman–Crippen LogP) is 1.70. The molecule has 0 aliphatic heterocycles. The van der Waals surface area contributed by atoms with Crippen LogP contribution in [0.3, 0.4) is 0 Å². The third kappa shape index (κ3) is 3.25. The number of nitrogens with two attached hydrogens (primary N) is 1. The summed E-state index contributed by atoms with van der Waals surface area (Å²) in [7, 11) is -3.30. The Bertz CT molecular complexity index is 579. The van der Waals surface area contributed by atoms with Crippen LogP contribution in [-0.4, -0.2) is 13.4 Å². The van der Waals surface area contributed by atoms with Crippen molar-refractivity contribution in [1.82, 2.24) is 4.98 Å². The normalized spacial score (nSPS) is 10.7. The zero-order valence-corrected chi connectivity index (χ0v) is 11.1. The zero-order valence-electron chi connectivity index (χ0n) is 9.46. The van der Waals surface area contributed by atoms with Crippen molar-refractivity contribution in [2.24, 2.45) is 5.84 Å². The van der Waals surface area contributed by atoms with Crippen molar-refractivity contribution in [3.05, 3.63) is 48.2 Å². The standard InChI is InChI=1S/C11H13N3O2S.ClH/c12-14-10-5-3-9(4-6-10)8-17(15,16)11-2-1-7-13-11;/h1-7,13-14H,8,12H2;1H. The van der Waals surface area contributed by atoms with Crippen molar-refractivity contribution < 1.29 is 8.42 Å². The molecule has 0 amide bonds. The van der Waals surface area contributed by atoms with Crippen molar-refractivity contribution in [1.29, 1.82) is 0 Å². The molecule has 0 spiro atoms. The van der Waals surface area contributed by atoms with Crippen LogP contribution in [0.15, 0.2) is 47.6 Å². The second-order valence-electron chi connectivity index (χ2n) is 3.63. The van der Waals surface area contributed by atoms with Crippen molar-refractivity contribution in [3.8, 4) is 0 Å². The minimum absolute atomic E-state index is 0.